The van der Waals surface area contributed by atoms with Crippen molar-refractivity contribution in [1.29, 1.82) is 0 Å². The van der Waals surface area contributed by atoms with E-state index in [0.29, 0.717) is 17.9 Å². The number of carbonyl (C=O) groups excluding carboxylic acids is 2. The molecule has 1 unspecified atom stereocenters. The fourth-order valence-electron chi connectivity index (χ4n) is 3.99. The van der Waals surface area contributed by atoms with Gasteiger partial charge in [0.05, 0.1) is 11.3 Å². The van der Waals surface area contributed by atoms with Crippen molar-refractivity contribution in [2.24, 2.45) is 0 Å². The minimum absolute atomic E-state index is 0.150. The number of anilines is 2. The van der Waals surface area contributed by atoms with Crippen LogP contribution in [0.15, 0.2) is 66.7 Å². The van der Waals surface area contributed by atoms with Crippen LogP contribution in [0.4, 0.5) is 11.5 Å². The summed E-state index contributed by atoms with van der Waals surface area (Å²) in [4.78, 5) is 34.1. The number of carbonyl (C=O) groups is 2. The normalized spacial score (nSPS) is 17.6. The summed E-state index contributed by atoms with van der Waals surface area (Å²) in [6.45, 7) is 0.614. The molecule has 1 N–H and O–H groups in total. The Labute approximate surface area is 168 Å². The van der Waals surface area contributed by atoms with Crippen LogP contribution >= 0.6 is 0 Å². The monoisotopic (exact) mass is 384 g/mol. The van der Waals surface area contributed by atoms with Gasteiger partial charge in [0.1, 0.15) is 5.82 Å². The van der Waals surface area contributed by atoms with Crippen molar-refractivity contribution in [3.8, 4) is 11.3 Å². The maximum absolute atomic E-state index is 13.3. The molecule has 0 saturated heterocycles. The predicted molar refractivity (Wildman–Crippen MR) is 112 cm³/mol. The molecule has 1 aromatic heterocycles. The number of rotatable bonds is 2. The quantitative estimate of drug-likeness (QED) is 0.737. The summed E-state index contributed by atoms with van der Waals surface area (Å²) in [7, 11) is 1.65. The molecule has 2 aromatic carbocycles. The number of aromatic nitrogens is 1. The van der Waals surface area contributed by atoms with Gasteiger partial charge in [-0.2, -0.15) is 0 Å². The number of nitrogens with zero attached hydrogens (tertiary/aromatic N) is 3. The van der Waals surface area contributed by atoms with Crippen molar-refractivity contribution in [3.63, 3.8) is 0 Å². The van der Waals surface area contributed by atoms with Crippen LogP contribution in [-0.2, 0) is 11.2 Å². The second-order valence-corrected chi connectivity index (χ2v) is 7.29. The van der Waals surface area contributed by atoms with Gasteiger partial charge in [0.15, 0.2) is 6.17 Å². The van der Waals surface area contributed by atoms with E-state index in [1.54, 1.807) is 18.0 Å². The molecule has 144 valence electrons. The molecule has 5 rings (SSSR count). The number of hydrogen-bond acceptors (Lipinski definition) is 4. The predicted octanol–water partition coefficient (Wildman–Crippen LogP) is 3.16. The van der Waals surface area contributed by atoms with E-state index in [1.807, 2.05) is 60.7 Å². The fraction of sp³-hybridized carbons (Fsp3) is 0.174. The van der Waals surface area contributed by atoms with Crippen LogP contribution in [0.5, 0.6) is 0 Å². The van der Waals surface area contributed by atoms with Crippen LogP contribution < -0.4 is 10.2 Å². The lowest BCUT2D eigenvalue weighted by Gasteiger charge is -2.35. The summed E-state index contributed by atoms with van der Waals surface area (Å²) in [5, 5.41) is 3.20. The zero-order valence-electron chi connectivity index (χ0n) is 16.0. The molecule has 2 amide bonds. The summed E-state index contributed by atoms with van der Waals surface area (Å²) in [5.41, 5.74) is 4.25. The average Bonchev–Trinajstić information content (AvgIpc) is 3.20. The number of fused-ring (bicyclic) bond motifs is 2. The molecule has 2 aliphatic heterocycles. The fourth-order valence-corrected chi connectivity index (χ4v) is 3.99. The Kier molecular flexibility index (Phi) is 4.05. The molecule has 3 heterocycles. The van der Waals surface area contributed by atoms with E-state index in [1.165, 1.54) is 4.90 Å². The van der Waals surface area contributed by atoms with Gasteiger partial charge in [0.25, 0.3) is 11.8 Å². The van der Waals surface area contributed by atoms with Crippen molar-refractivity contribution in [2.75, 3.05) is 23.8 Å². The van der Waals surface area contributed by atoms with Gasteiger partial charge >= 0.3 is 0 Å². The zero-order valence-corrected chi connectivity index (χ0v) is 16.0. The molecule has 6 nitrogen and oxygen atoms in total. The summed E-state index contributed by atoms with van der Waals surface area (Å²) in [5.74, 6) is 0.0837. The Hall–Kier alpha value is -3.67. The number of benzene rings is 2. The van der Waals surface area contributed by atoms with E-state index in [4.69, 9.17) is 0 Å². The van der Waals surface area contributed by atoms with Gasteiger partial charge in [-0.3, -0.25) is 9.59 Å². The third kappa shape index (κ3) is 2.84. The van der Waals surface area contributed by atoms with E-state index in [0.717, 1.165) is 28.9 Å². The molecule has 0 saturated carbocycles. The van der Waals surface area contributed by atoms with Crippen LogP contribution in [-0.4, -0.2) is 41.5 Å². The van der Waals surface area contributed by atoms with E-state index < -0.39 is 6.17 Å². The largest absolute Gasteiger partial charge is 0.341 e. The molecule has 0 radical (unpaired) electrons. The van der Waals surface area contributed by atoms with Crippen LogP contribution in [0.25, 0.3) is 11.3 Å². The Morgan fingerprint density at radius 3 is 2.62 bits per heavy atom. The molecular formula is C23H20N4O2. The van der Waals surface area contributed by atoms with E-state index in [-0.39, 0.29) is 11.8 Å². The number of hydrogen-bond donors (Lipinski definition) is 1. The molecule has 2 aliphatic rings. The number of likely N-dealkylation sites (N-methyl/N-ethyl adjacent to an activating group) is 1. The first-order chi connectivity index (χ1) is 14.1. The van der Waals surface area contributed by atoms with Gasteiger partial charge in [0, 0.05) is 24.8 Å². The molecule has 0 aliphatic carbocycles. The first-order valence-electron chi connectivity index (χ1n) is 9.63. The minimum Gasteiger partial charge on any atom is -0.341 e. The summed E-state index contributed by atoms with van der Waals surface area (Å²) in [6, 6.07) is 21.3. The third-order valence-corrected chi connectivity index (χ3v) is 5.56. The van der Waals surface area contributed by atoms with Gasteiger partial charge < -0.3 is 15.1 Å². The highest BCUT2D eigenvalue weighted by molar-refractivity contribution is 6.08. The zero-order chi connectivity index (χ0) is 20.0. The maximum atomic E-state index is 13.3. The molecule has 0 bridgehead atoms. The van der Waals surface area contributed by atoms with Crippen molar-refractivity contribution >= 4 is 23.3 Å². The number of pyridine rings is 1. The molecule has 0 fully saturated rings. The van der Waals surface area contributed by atoms with Crippen LogP contribution in [0.2, 0.25) is 0 Å². The highest BCUT2D eigenvalue weighted by Crippen LogP contribution is 2.31. The van der Waals surface area contributed by atoms with Gasteiger partial charge in [-0.25, -0.2) is 4.98 Å². The second-order valence-electron chi connectivity index (χ2n) is 7.29. The highest BCUT2D eigenvalue weighted by Gasteiger charge is 2.39. The maximum Gasteiger partial charge on any atom is 0.270 e. The van der Waals surface area contributed by atoms with Gasteiger partial charge in [0.2, 0.25) is 0 Å². The van der Waals surface area contributed by atoms with E-state index in [9.17, 15) is 9.59 Å². The minimum atomic E-state index is -0.792. The van der Waals surface area contributed by atoms with Crippen LogP contribution in [0.1, 0.15) is 15.9 Å². The molecule has 29 heavy (non-hydrogen) atoms. The SMILES string of the molecule is CN1C(=O)c2ccc(-c3ccccc3)nc2NC1C(=O)N1CCc2ccccc21. The topological polar surface area (TPSA) is 65.5 Å². The summed E-state index contributed by atoms with van der Waals surface area (Å²) in [6.07, 6.45) is 0.0268. The first kappa shape index (κ1) is 17.4. The molecule has 3 aromatic rings. The third-order valence-electron chi connectivity index (χ3n) is 5.56. The molecule has 0 spiro atoms. The van der Waals surface area contributed by atoms with E-state index >= 15 is 0 Å². The summed E-state index contributed by atoms with van der Waals surface area (Å²) >= 11 is 0. The van der Waals surface area contributed by atoms with Crippen molar-refractivity contribution in [2.45, 2.75) is 12.6 Å². The van der Waals surface area contributed by atoms with Gasteiger partial charge in [-0.15, -0.1) is 0 Å². The first-order valence-corrected chi connectivity index (χ1v) is 9.63. The Morgan fingerprint density at radius 1 is 1.03 bits per heavy atom. The van der Waals surface area contributed by atoms with Crippen LogP contribution in [0.3, 0.4) is 0 Å². The van der Waals surface area contributed by atoms with Gasteiger partial charge in [-0.05, 0) is 30.2 Å². The van der Waals surface area contributed by atoms with Crippen molar-refractivity contribution in [3.05, 3.63) is 77.9 Å². The number of para-hydroxylation sites is 1. The second kappa shape index (κ2) is 6.74. The average molecular weight is 384 g/mol. The molecular weight excluding hydrogens is 364 g/mol. The van der Waals surface area contributed by atoms with Crippen LogP contribution in [0, 0.1) is 0 Å². The standard InChI is InChI=1S/C23H20N4O2/c1-26-21(23(29)27-14-13-16-9-5-6-10-19(16)27)25-20-17(22(26)28)11-12-18(24-20)15-7-3-2-4-8-15/h2-12,21H,13-14H2,1H3,(H,24,25). The van der Waals surface area contributed by atoms with E-state index in [2.05, 4.69) is 10.3 Å². The lowest BCUT2D eigenvalue weighted by atomic mass is 10.1. The summed E-state index contributed by atoms with van der Waals surface area (Å²) < 4.78 is 0. The number of amides is 2. The lowest BCUT2D eigenvalue weighted by Crippen LogP contribution is -2.56. The lowest BCUT2D eigenvalue weighted by molar-refractivity contribution is -0.121. The Morgan fingerprint density at radius 2 is 1.79 bits per heavy atom. The van der Waals surface area contributed by atoms with Crippen molar-refractivity contribution in [1.82, 2.24) is 9.88 Å². The molecule has 6 heteroatoms. The molecule has 1 atom stereocenters. The smallest absolute Gasteiger partial charge is 0.270 e. The number of nitrogens with one attached hydrogen (secondary N) is 1. The van der Waals surface area contributed by atoms with Gasteiger partial charge in [-0.1, -0.05) is 48.5 Å². The highest BCUT2D eigenvalue weighted by atomic mass is 16.2. The Balaban J connectivity index is 1.48. The van der Waals surface area contributed by atoms with Crippen molar-refractivity contribution < 1.29 is 9.59 Å². The Bertz CT molecular complexity index is 1110.